The molecule has 0 bridgehead atoms. The van der Waals surface area contributed by atoms with Gasteiger partial charge in [0.1, 0.15) is 17.3 Å². The number of rotatable bonds is 5. The van der Waals surface area contributed by atoms with Crippen LogP contribution in [0.2, 0.25) is 0 Å². The number of halogens is 8. The molecule has 3 amide bonds. The number of nitrogens with zero attached hydrogens (tertiary/aromatic N) is 2. The van der Waals surface area contributed by atoms with Crippen LogP contribution in [0.25, 0.3) is 0 Å². The van der Waals surface area contributed by atoms with E-state index in [1.807, 2.05) is 5.32 Å². The fourth-order valence-corrected chi connectivity index (χ4v) is 2.99. The number of pyridine rings is 1. The van der Waals surface area contributed by atoms with Gasteiger partial charge in [-0.05, 0) is 30.3 Å². The molecule has 0 spiro atoms. The Morgan fingerprint density at radius 2 is 1.50 bits per heavy atom. The van der Waals surface area contributed by atoms with Crippen molar-refractivity contribution in [3.8, 4) is 11.5 Å². The Kier molecular flexibility index (Phi) is 7.79. The molecule has 2 aromatic carbocycles. The molecule has 0 aliphatic heterocycles. The first-order valence-electron chi connectivity index (χ1n) is 10.3. The first-order chi connectivity index (χ1) is 17.6. The van der Waals surface area contributed by atoms with E-state index >= 15 is 0 Å². The molecular formula is C23H16F8N4O3. The van der Waals surface area contributed by atoms with E-state index in [4.69, 9.17) is 4.74 Å². The second kappa shape index (κ2) is 10.5. The molecule has 0 fully saturated rings. The first kappa shape index (κ1) is 28.1. The molecule has 1 aromatic heterocycles. The standard InChI is InChI=1S/C23H16F8N4O3/c1-32-20(36)18-9-19(16(25)10-33-18)38-14-3-4-17(15(24)8-14)34-21(37)35(2)13-6-11(22(26,27)28)5-12(7-13)23(29,30)31/h3-10H,1-2H3,(H,32,36)(H,34,37). The largest absolute Gasteiger partial charge is 0.454 e. The van der Waals surface area contributed by atoms with Crippen molar-refractivity contribution >= 4 is 23.3 Å². The highest BCUT2D eigenvalue weighted by atomic mass is 19.4. The molecule has 0 saturated heterocycles. The summed E-state index contributed by atoms with van der Waals surface area (Å²) >= 11 is 0. The average Bonchev–Trinajstić information content (AvgIpc) is 2.84. The molecule has 15 heteroatoms. The van der Waals surface area contributed by atoms with E-state index < -0.39 is 64.2 Å². The van der Waals surface area contributed by atoms with Crippen LogP contribution in [0.1, 0.15) is 21.6 Å². The summed E-state index contributed by atoms with van der Waals surface area (Å²) in [4.78, 5) is 28.2. The molecule has 0 unspecified atom stereocenters. The summed E-state index contributed by atoms with van der Waals surface area (Å²) in [6, 6.07) is 3.03. The van der Waals surface area contributed by atoms with Crippen molar-refractivity contribution in [2.24, 2.45) is 0 Å². The van der Waals surface area contributed by atoms with Gasteiger partial charge in [-0.1, -0.05) is 0 Å². The fraction of sp³-hybridized carbons (Fsp3) is 0.174. The predicted molar refractivity (Wildman–Crippen MR) is 118 cm³/mol. The number of urea groups is 1. The summed E-state index contributed by atoms with van der Waals surface area (Å²) in [5.74, 6) is -3.50. The van der Waals surface area contributed by atoms with Crippen molar-refractivity contribution in [3.05, 3.63) is 77.1 Å². The summed E-state index contributed by atoms with van der Waals surface area (Å²) in [5.41, 5.74) is -4.75. The number of hydrogen-bond acceptors (Lipinski definition) is 4. The minimum Gasteiger partial charge on any atom is -0.454 e. The van der Waals surface area contributed by atoms with Crippen LogP contribution in [0.4, 0.5) is 51.3 Å². The number of aromatic nitrogens is 1. The van der Waals surface area contributed by atoms with Crippen molar-refractivity contribution in [2.45, 2.75) is 12.4 Å². The maximum atomic E-state index is 14.6. The van der Waals surface area contributed by atoms with Gasteiger partial charge in [-0.2, -0.15) is 26.3 Å². The topological polar surface area (TPSA) is 83.6 Å². The van der Waals surface area contributed by atoms with Gasteiger partial charge in [-0.15, -0.1) is 0 Å². The number of alkyl halides is 6. The van der Waals surface area contributed by atoms with Crippen LogP contribution in [0.3, 0.4) is 0 Å². The van der Waals surface area contributed by atoms with Gasteiger partial charge in [0.15, 0.2) is 11.6 Å². The van der Waals surface area contributed by atoms with E-state index in [0.717, 1.165) is 31.3 Å². The van der Waals surface area contributed by atoms with E-state index in [9.17, 15) is 44.7 Å². The van der Waals surface area contributed by atoms with Crippen LogP contribution in [-0.2, 0) is 12.4 Å². The molecule has 3 aromatic rings. The second-order valence-electron chi connectivity index (χ2n) is 7.58. The number of carbonyl (C=O) groups is 2. The molecule has 7 nitrogen and oxygen atoms in total. The van der Waals surface area contributed by atoms with Crippen LogP contribution in [-0.4, -0.2) is 31.0 Å². The maximum Gasteiger partial charge on any atom is 0.416 e. The van der Waals surface area contributed by atoms with Crippen molar-refractivity contribution in [1.29, 1.82) is 0 Å². The van der Waals surface area contributed by atoms with Crippen molar-refractivity contribution < 1.29 is 49.4 Å². The van der Waals surface area contributed by atoms with E-state index in [1.165, 1.54) is 7.05 Å². The van der Waals surface area contributed by atoms with Crippen LogP contribution in [0, 0.1) is 11.6 Å². The van der Waals surface area contributed by atoms with Gasteiger partial charge < -0.3 is 15.4 Å². The normalized spacial score (nSPS) is 11.6. The van der Waals surface area contributed by atoms with Gasteiger partial charge >= 0.3 is 18.4 Å². The summed E-state index contributed by atoms with van der Waals surface area (Å²) in [7, 11) is 2.20. The predicted octanol–water partition coefficient (Wildman–Crippen LogP) is 6.22. The molecule has 0 atom stereocenters. The number of hydrogen-bond donors (Lipinski definition) is 2. The second-order valence-corrected chi connectivity index (χ2v) is 7.58. The minimum atomic E-state index is -5.13. The molecule has 0 aliphatic rings. The quantitative estimate of drug-likeness (QED) is 0.371. The minimum absolute atomic E-state index is 0.100. The Labute approximate surface area is 209 Å². The van der Waals surface area contributed by atoms with Gasteiger partial charge in [-0.25, -0.2) is 18.6 Å². The summed E-state index contributed by atoms with van der Waals surface area (Å²) in [6.45, 7) is 0. The lowest BCUT2D eigenvalue weighted by molar-refractivity contribution is -0.143. The third kappa shape index (κ3) is 6.46. The Bertz CT molecular complexity index is 1340. The van der Waals surface area contributed by atoms with Crippen molar-refractivity contribution in [3.63, 3.8) is 0 Å². The van der Waals surface area contributed by atoms with Crippen molar-refractivity contribution in [1.82, 2.24) is 10.3 Å². The van der Waals surface area contributed by atoms with Crippen molar-refractivity contribution in [2.75, 3.05) is 24.3 Å². The van der Waals surface area contributed by atoms with Gasteiger partial charge in [0, 0.05) is 31.9 Å². The maximum absolute atomic E-state index is 14.6. The van der Waals surface area contributed by atoms with Gasteiger partial charge in [0.05, 0.1) is 23.0 Å². The molecule has 0 aliphatic carbocycles. The Hall–Kier alpha value is -4.43. The van der Waals surface area contributed by atoms with Crippen LogP contribution >= 0.6 is 0 Å². The Morgan fingerprint density at radius 3 is 2.03 bits per heavy atom. The Morgan fingerprint density at radius 1 is 0.895 bits per heavy atom. The molecular weight excluding hydrogens is 532 g/mol. The SMILES string of the molecule is CNC(=O)c1cc(Oc2ccc(NC(=O)N(C)c3cc(C(F)(F)F)cc(C(F)(F)F)c3)c(F)c2)c(F)cn1. The zero-order valence-electron chi connectivity index (χ0n) is 19.3. The average molecular weight is 548 g/mol. The lowest BCUT2D eigenvalue weighted by Gasteiger charge is -2.21. The van der Waals surface area contributed by atoms with Crippen LogP contribution in [0.15, 0.2) is 48.7 Å². The van der Waals surface area contributed by atoms with E-state index in [2.05, 4.69) is 10.3 Å². The van der Waals surface area contributed by atoms with Gasteiger partial charge in [0.25, 0.3) is 5.91 Å². The molecule has 3 rings (SSSR count). The Balaban J connectivity index is 1.82. The molecule has 0 saturated carbocycles. The lowest BCUT2D eigenvalue weighted by Crippen LogP contribution is -2.32. The summed E-state index contributed by atoms with van der Waals surface area (Å²) < 4.78 is 112. The smallest absolute Gasteiger partial charge is 0.416 e. The van der Waals surface area contributed by atoms with Gasteiger partial charge in [0.2, 0.25) is 0 Å². The number of ether oxygens (including phenoxy) is 1. The monoisotopic (exact) mass is 548 g/mol. The molecule has 2 N–H and O–H groups in total. The third-order valence-corrected chi connectivity index (χ3v) is 4.95. The van der Waals surface area contributed by atoms with E-state index in [0.29, 0.717) is 23.2 Å². The highest BCUT2D eigenvalue weighted by Crippen LogP contribution is 2.38. The summed E-state index contributed by atoms with van der Waals surface area (Å²) in [6.07, 6.45) is -9.56. The number of anilines is 2. The first-order valence-corrected chi connectivity index (χ1v) is 10.3. The zero-order valence-corrected chi connectivity index (χ0v) is 19.3. The molecule has 202 valence electrons. The third-order valence-electron chi connectivity index (χ3n) is 4.95. The lowest BCUT2D eigenvalue weighted by atomic mass is 10.1. The molecule has 38 heavy (non-hydrogen) atoms. The van der Waals surface area contributed by atoms with Gasteiger partial charge in [-0.3, -0.25) is 9.69 Å². The number of nitrogens with one attached hydrogen (secondary N) is 2. The molecule has 1 heterocycles. The highest BCUT2D eigenvalue weighted by molar-refractivity contribution is 6.01. The van der Waals surface area contributed by atoms with E-state index in [1.54, 1.807) is 0 Å². The van der Waals surface area contributed by atoms with Crippen LogP contribution in [0.5, 0.6) is 11.5 Å². The zero-order chi connectivity index (χ0) is 28.4. The molecule has 0 radical (unpaired) electrons. The number of carbonyl (C=O) groups excluding carboxylic acids is 2. The number of benzene rings is 2. The summed E-state index contributed by atoms with van der Waals surface area (Å²) in [5, 5.41) is 4.29. The van der Waals surface area contributed by atoms with E-state index in [-0.39, 0.29) is 17.5 Å². The highest BCUT2D eigenvalue weighted by Gasteiger charge is 2.37. The number of amides is 3. The van der Waals surface area contributed by atoms with Crippen LogP contribution < -0.4 is 20.3 Å². The fourth-order valence-electron chi connectivity index (χ4n) is 2.99.